The first-order valence-electron chi connectivity index (χ1n) is 8.82. The van der Waals surface area contributed by atoms with Crippen molar-refractivity contribution in [1.29, 1.82) is 0 Å². The van der Waals surface area contributed by atoms with E-state index < -0.39 is 8.07 Å². The highest BCUT2D eigenvalue weighted by Crippen LogP contribution is 2.40. The maximum absolute atomic E-state index is 6.55. The lowest BCUT2D eigenvalue weighted by Crippen LogP contribution is -2.48. The van der Waals surface area contributed by atoms with Crippen LogP contribution < -0.4 is 9.92 Å². The third-order valence-corrected chi connectivity index (χ3v) is 9.37. The van der Waals surface area contributed by atoms with Crippen LogP contribution in [0.1, 0.15) is 43.0 Å². The van der Waals surface area contributed by atoms with Crippen molar-refractivity contribution in [3.63, 3.8) is 0 Å². The first kappa shape index (κ1) is 18.3. The van der Waals surface area contributed by atoms with E-state index in [0.29, 0.717) is 5.54 Å². The maximum Gasteiger partial charge on any atom is 0.121 e. The SMILES string of the molecule is COc1c(C(C)(C)C)cc(Cl)cc1[Si](C)(C)C1C=Cc2ccccc21. The third-order valence-electron chi connectivity index (χ3n) is 5.34. The summed E-state index contributed by atoms with van der Waals surface area (Å²) < 4.78 is 5.94. The molecular weight excluding hydrogens is 344 g/mol. The molecular formula is C22H27ClOSi. The van der Waals surface area contributed by atoms with Crippen molar-refractivity contribution in [2.24, 2.45) is 0 Å². The van der Waals surface area contributed by atoms with Gasteiger partial charge >= 0.3 is 0 Å². The molecule has 0 N–H and O–H groups in total. The van der Waals surface area contributed by atoms with Crippen molar-refractivity contribution in [3.8, 4) is 5.75 Å². The molecule has 132 valence electrons. The minimum atomic E-state index is -1.90. The molecule has 0 heterocycles. The van der Waals surface area contributed by atoms with E-state index in [2.05, 4.69) is 82.4 Å². The first-order chi connectivity index (χ1) is 11.7. The summed E-state index contributed by atoms with van der Waals surface area (Å²) in [6.07, 6.45) is 4.63. The highest BCUT2D eigenvalue weighted by atomic mass is 35.5. The second-order valence-corrected chi connectivity index (χ2v) is 13.5. The Hall–Kier alpha value is -1.51. The lowest BCUT2D eigenvalue weighted by molar-refractivity contribution is 0.400. The number of hydrogen-bond acceptors (Lipinski definition) is 1. The fourth-order valence-corrected chi connectivity index (χ4v) is 7.51. The molecule has 1 nitrogen and oxygen atoms in total. The Kier molecular flexibility index (Phi) is 4.63. The van der Waals surface area contributed by atoms with Crippen LogP contribution in [0.5, 0.6) is 5.75 Å². The molecule has 2 aromatic carbocycles. The van der Waals surface area contributed by atoms with Gasteiger partial charge in [0.25, 0.3) is 0 Å². The summed E-state index contributed by atoms with van der Waals surface area (Å²) in [5, 5.41) is 2.11. The summed E-state index contributed by atoms with van der Waals surface area (Å²) in [4.78, 5) is 0. The van der Waals surface area contributed by atoms with Gasteiger partial charge in [0.1, 0.15) is 5.75 Å². The number of methoxy groups -OCH3 is 1. The number of ether oxygens (including phenoxy) is 1. The fraction of sp³-hybridized carbons (Fsp3) is 0.364. The molecule has 1 unspecified atom stereocenters. The molecule has 0 bridgehead atoms. The molecule has 0 aromatic heterocycles. The van der Waals surface area contributed by atoms with E-state index in [0.717, 1.165) is 10.8 Å². The van der Waals surface area contributed by atoms with E-state index in [4.69, 9.17) is 16.3 Å². The van der Waals surface area contributed by atoms with Gasteiger partial charge in [-0.3, -0.25) is 0 Å². The maximum atomic E-state index is 6.55. The van der Waals surface area contributed by atoms with Gasteiger partial charge < -0.3 is 4.74 Å². The summed E-state index contributed by atoms with van der Waals surface area (Å²) in [7, 11) is -0.118. The monoisotopic (exact) mass is 370 g/mol. The van der Waals surface area contributed by atoms with Crippen LogP contribution in [0.2, 0.25) is 18.1 Å². The molecule has 1 atom stereocenters. The second-order valence-electron chi connectivity index (χ2n) is 8.47. The van der Waals surface area contributed by atoms with Crippen LogP contribution in [-0.2, 0) is 5.41 Å². The number of hydrogen-bond donors (Lipinski definition) is 0. The number of fused-ring (bicyclic) bond motifs is 1. The Morgan fingerprint density at radius 1 is 1.08 bits per heavy atom. The van der Waals surface area contributed by atoms with Crippen LogP contribution in [0.3, 0.4) is 0 Å². The second kappa shape index (κ2) is 6.33. The smallest absolute Gasteiger partial charge is 0.121 e. The quantitative estimate of drug-likeness (QED) is 0.610. The van der Waals surface area contributed by atoms with Gasteiger partial charge in [-0.2, -0.15) is 0 Å². The van der Waals surface area contributed by atoms with Crippen molar-refractivity contribution < 1.29 is 4.74 Å². The summed E-state index contributed by atoms with van der Waals surface area (Å²) in [5.74, 6) is 1.02. The average Bonchev–Trinajstić information content (AvgIpc) is 2.98. The van der Waals surface area contributed by atoms with E-state index in [1.807, 2.05) is 0 Å². The number of halogens is 1. The zero-order valence-corrected chi connectivity index (χ0v) is 17.7. The van der Waals surface area contributed by atoms with Crippen LogP contribution in [0.15, 0.2) is 42.5 Å². The Morgan fingerprint density at radius 2 is 1.76 bits per heavy atom. The van der Waals surface area contributed by atoms with Crippen LogP contribution in [0.4, 0.5) is 0 Å². The lowest BCUT2D eigenvalue weighted by Gasteiger charge is -2.34. The van der Waals surface area contributed by atoms with Gasteiger partial charge in [0.05, 0.1) is 15.2 Å². The van der Waals surface area contributed by atoms with Gasteiger partial charge in [-0.25, -0.2) is 0 Å². The topological polar surface area (TPSA) is 9.23 Å². The highest BCUT2D eigenvalue weighted by Gasteiger charge is 2.39. The van der Waals surface area contributed by atoms with E-state index in [1.165, 1.54) is 21.9 Å². The zero-order valence-electron chi connectivity index (χ0n) is 16.0. The minimum Gasteiger partial charge on any atom is -0.497 e. The summed E-state index contributed by atoms with van der Waals surface area (Å²) >= 11 is 6.55. The average molecular weight is 371 g/mol. The molecule has 0 spiro atoms. The van der Waals surface area contributed by atoms with Crippen molar-refractivity contribution in [2.45, 2.75) is 44.8 Å². The highest BCUT2D eigenvalue weighted by molar-refractivity contribution is 6.92. The molecule has 25 heavy (non-hydrogen) atoms. The standard InChI is InChI=1S/C22H27ClOSi/c1-22(2,3)18-13-16(23)14-20(21(18)24-4)25(5,6)19-12-11-15-9-7-8-10-17(15)19/h7-14,19H,1-6H3. The number of rotatable bonds is 3. The Bertz CT molecular complexity index is 830. The van der Waals surface area contributed by atoms with Gasteiger partial charge in [0.2, 0.25) is 0 Å². The van der Waals surface area contributed by atoms with Crippen LogP contribution in [0.25, 0.3) is 6.08 Å². The molecule has 3 rings (SSSR count). The third kappa shape index (κ3) is 3.18. The normalized spacial score (nSPS) is 16.8. The predicted molar refractivity (Wildman–Crippen MR) is 112 cm³/mol. The van der Waals surface area contributed by atoms with Crippen LogP contribution in [0, 0.1) is 0 Å². The molecule has 1 aliphatic rings. The zero-order chi connectivity index (χ0) is 18.4. The van der Waals surface area contributed by atoms with Crippen molar-refractivity contribution in [3.05, 3.63) is 64.2 Å². The molecule has 1 aliphatic carbocycles. The molecule has 2 aromatic rings. The number of allylic oxidation sites excluding steroid dienone is 1. The molecule has 0 aliphatic heterocycles. The van der Waals surface area contributed by atoms with E-state index in [1.54, 1.807) is 7.11 Å². The van der Waals surface area contributed by atoms with Gasteiger partial charge in [0, 0.05) is 16.1 Å². The molecule has 3 heteroatoms. The predicted octanol–water partition coefficient (Wildman–Crippen LogP) is 5.91. The van der Waals surface area contributed by atoms with Gasteiger partial charge in [0.15, 0.2) is 0 Å². The molecule has 0 radical (unpaired) electrons. The Morgan fingerprint density at radius 3 is 2.40 bits per heavy atom. The minimum absolute atomic E-state index is 0.0150. The summed E-state index contributed by atoms with van der Waals surface area (Å²) in [6.45, 7) is 11.5. The van der Waals surface area contributed by atoms with E-state index in [-0.39, 0.29) is 5.41 Å². The Labute approximate surface area is 157 Å². The summed E-state index contributed by atoms with van der Waals surface area (Å²) in [6, 6.07) is 12.9. The first-order valence-corrected chi connectivity index (χ1v) is 12.3. The van der Waals surface area contributed by atoms with Crippen LogP contribution >= 0.6 is 11.6 Å². The van der Waals surface area contributed by atoms with Crippen molar-refractivity contribution in [2.75, 3.05) is 7.11 Å². The summed E-state index contributed by atoms with van der Waals surface area (Å²) in [5.41, 5.74) is 4.37. The number of benzene rings is 2. The Balaban J connectivity index is 2.19. The molecule has 0 fully saturated rings. The van der Waals surface area contributed by atoms with E-state index >= 15 is 0 Å². The van der Waals surface area contributed by atoms with Crippen molar-refractivity contribution >= 4 is 30.9 Å². The molecule has 0 saturated carbocycles. The van der Waals surface area contributed by atoms with Crippen LogP contribution in [-0.4, -0.2) is 15.2 Å². The molecule has 0 amide bonds. The molecule has 0 saturated heterocycles. The van der Waals surface area contributed by atoms with E-state index in [9.17, 15) is 0 Å². The van der Waals surface area contributed by atoms with Gasteiger partial charge in [-0.05, 0) is 33.9 Å². The van der Waals surface area contributed by atoms with Gasteiger partial charge in [-0.1, -0.05) is 81.9 Å². The van der Waals surface area contributed by atoms with Crippen molar-refractivity contribution in [1.82, 2.24) is 0 Å². The van der Waals surface area contributed by atoms with Gasteiger partial charge in [-0.15, -0.1) is 0 Å². The largest absolute Gasteiger partial charge is 0.497 e. The fourth-order valence-electron chi connectivity index (χ4n) is 3.90. The lowest BCUT2D eigenvalue weighted by atomic mass is 9.86.